The van der Waals surface area contributed by atoms with Crippen molar-refractivity contribution >= 4 is 18.3 Å². The minimum atomic E-state index is -4.37. The van der Waals surface area contributed by atoms with Crippen molar-refractivity contribution in [3.8, 4) is 0 Å². The van der Waals surface area contributed by atoms with Crippen molar-refractivity contribution in [3.63, 3.8) is 0 Å². The van der Waals surface area contributed by atoms with E-state index in [4.69, 9.17) is 10.5 Å². The number of benzene rings is 1. The zero-order chi connectivity index (χ0) is 18.8. The molecule has 27 heavy (non-hydrogen) atoms. The Morgan fingerprint density at radius 2 is 1.78 bits per heavy atom. The van der Waals surface area contributed by atoms with Crippen LogP contribution in [0.25, 0.3) is 0 Å². The quantitative estimate of drug-likeness (QED) is 0.803. The van der Waals surface area contributed by atoms with Crippen molar-refractivity contribution in [2.45, 2.75) is 55.7 Å². The Hall–Kier alpha value is -1.31. The van der Waals surface area contributed by atoms with Gasteiger partial charge in [0.1, 0.15) is 0 Å². The van der Waals surface area contributed by atoms with E-state index in [1.807, 2.05) is 0 Å². The molecule has 4 nitrogen and oxygen atoms in total. The Morgan fingerprint density at radius 3 is 2.37 bits per heavy atom. The molecule has 2 aliphatic rings. The highest BCUT2D eigenvalue weighted by atomic mass is 35.5. The summed E-state index contributed by atoms with van der Waals surface area (Å²) in [6.07, 6.45) is -0.0702. The summed E-state index contributed by atoms with van der Waals surface area (Å²) in [7, 11) is 0. The second kappa shape index (κ2) is 8.37. The van der Waals surface area contributed by atoms with Crippen molar-refractivity contribution < 1.29 is 22.7 Å². The number of halogens is 4. The normalized spacial score (nSPS) is 21.3. The smallest absolute Gasteiger partial charge is 0.381 e. The third-order valence-corrected chi connectivity index (χ3v) is 5.79. The highest BCUT2D eigenvalue weighted by Crippen LogP contribution is 2.42. The van der Waals surface area contributed by atoms with Crippen molar-refractivity contribution in [2.75, 3.05) is 19.8 Å². The van der Waals surface area contributed by atoms with Crippen LogP contribution in [-0.4, -0.2) is 31.2 Å². The van der Waals surface area contributed by atoms with Gasteiger partial charge in [0.2, 0.25) is 5.91 Å². The van der Waals surface area contributed by atoms with Crippen LogP contribution in [0.5, 0.6) is 0 Å². The largest absolute Gasteiger partial charge is 0.416 e. The first-order valence-electron chi connectivity index (χ1n) is 9.08. The lowest BCUT2D eigenvalue weighted by atomic mass is 9.78. The number of rotatable bonds is 4. The summed E-state index contributed by atoms with van der Waals surface area (Å²) in [5.74, 6) is -0.237. The SMILES string of the molecule is Cl.NC1(C(=O)NCC2(c3cccc(C(F)(F)F)c3)CCCC2)CCOCC1. The summed E-state index contributed by atoms with van der Waals surface area (Å²) in [6.45, 7) is 1.21. The van der Waals surface area contributed by atoms with Crippen LogP contribution in [0.2, 0.25) is 0 Å². The number of nitrogens with one attached hydrogen (secondary N) is 1. The lowest BCUT2D eigenvalue weighted by Crippen LogP contribution is -2.58. The lowest BCUT2D eigenvalue weighted by Gasteiger charge is -2.35. The van der Waals surface area contributed by atoms with E-state index in [1.165, 1.54) is 12.1 Å². The number of carbonyl (C=O) groups is 1. The highest BCUT2D eigenvalue weighted by molar-refractivity contribution is 5.86. The van der Waals surface area contributed by atoms with Gasteiger partial charge in [-0.1, -0.05) is 31.0 Å². The molecule has 0 bridgehead atoms. The molecule has 0 spiro atoms. The van der Waals surface area contributed by atoms with E-state index in [-0.39, 0.29) is 18.3 Å². The fourth-order valence-electron chi connectivity index (χ4n) is 4.03. The molecule has 0 aromatic heterocycles. The maximum absolute atomic E-state index is 13.1. The number of ether oxygens (including phenoxy) is 1. The Morgan fingerprint density at radius 1 is 1.15 bits per heavy atom. The number of hydrogen-bond acceptors (Lipinski definition) is 3. The zero-order valence-electron chi connectivity index (χ0n) is 15.1. The van der Waals surface area contributed by atoms with Crippen LogP contribution in [0.1, 0.15) is 49.7 Å². The minimum Gasteiger partial charge on any atom is -0.381 e. The lowest BCUT2D eigenvalue weighted by molar-refractivity contribution is -0.137. The Kier molecular flexibility index (Phi) is 6.81. The van der Waals surface area contributed by atoms with Crippen LogP contribution in [0.3, 0.4) is 0 Å². The summed E-state index contributed by atoms with van der Waals surface area (Å²) < 4.78 is 44.5. The molecule has 1 aromatic rings. The first kappa shape index (κ1) is 22.0. The van der Waals surface area contributed by atoms with Gasteiger partial charge in [-0.3, -0.25) is 4.79 Å². The summed E-state index contributed by atoms with van der Waals surface area (Å²) in [6, 6.07) is 5.49. The molecule has 0 atom stereocenters. The fraction of sp³-hybridized carbons (Fsp3) is 0.632. The van der Waals surface area contributed by atoms with E-state index in [2.05, 4.69) is 5.32 Å². The Balaban J connectivity index is 0.00000261. The summed E-state index contributed by atoms with van der Waals surface area (Å²) in [5, 5.41) is 2.93. The molecule has 0 unspecified atom stereocenters. The third kappa shape index (κ3) is 4.76. The van der Waals surface area contributed by atoms with Gasteiger partial charge in [-0.05, 0) is 37.3 Å². The molecule has 3 N–H and O–H groups in total. The van der Waals surface area contributed by atoms with Gasteiger partial charge in [-0.15, -0.1) is 12.4 Å². The molecule has 0 radical (unpaired) electrons. The molecular weight excluding hydrogens is 381 g/mol. The molecular formula is C19H26ClF3N2O2. The first-order chi connectivity index (χ1) is 12.3. The van der Waals surface area contributed by atoms with E-state index in [0.717, 1.165) is 31.7 Å². The van der Waals surface area contributed by atoms with Crippen LogP contribution in [0.4, 0.5) is 13.2 Å². The van der Waals surface area contributed by atoms with Gasteiger partial charge in [0.05, 0.1) is 11.1 Å². The standard InChI is InChI=1S/C19H25F3N2O2.ClH/c20-19(21,22)15-5-3-4-14(12-15)17(6-1-2-7-17)13-24-16(25)18(23)8-10-26-11-9-18;/h3-5,12H,1-2,6-11,13,23H2,(H,24,25);1H. The summed E-state index contributed by atoms with van der Waals surface area (Å²) >= 11 is 0. The third-order valence-electron chi connectivity index (χ3n) is 5.79. The number of amides is 1. The Bertz CT molecular complexity index is 655. The van der Waals surface area contributed by atoms with E-state index in [9.17, 15) is 18.0 Å². The molecule has 152 valence electrons. The fourth-order valence-corrected chi connectivity index (χ4v) is 4.03. The molecule has 1 heterocycles. The van der Waals surface area contributed by atoms with Crippen molar-refractivity contribution in [1.29, 1.82) is 0 Å². The predicted molar refractivity (Wildman–Crippen MR) is 98.8 cm³/mol. The average Bonchev–Trinajstić information content (AvgIpc) is 3.10. The van der Waals surface area contributed by atoms with Gasteiger partial charge in [0, 0.05) is 25.2 Å². The molecule has 1 amide bonds. The second-order valence-electron chi connectivity index (χ2n) is 7.52. The van der Waals surface area contributed by atoms with Crippen LogP contribution >= 0.6 is 12.4 Å². The maximum atomic E-state index is 13.1. The molecule has 1 aliphatic carbocycles. The highest BCUT2D eigenvalue weighted by Gasteiger charge is 2.41. The topological polar surface area (TPSA) is 64.4 Å². The number of hydrogen-bond donors (Lipinski definition) is 2. The first-order valence-corrected chi connectivity index (χ1v) is 9.08. The summed E-state index contributed by atoms with van der Waals surface area (Å²) in [4.78, 5) is 12.6. The van der Waals surface area contributed by atoms with Gasteiger partial charge in [-0.2, -0.15) is 13.2 Å². The van der Waals surface area contributed by atoms with E-state index < -0.39 is 22.7 Å². The maximum Gasteiger partial charge on any atom is 0.416 e. The number of nitrogens with two attached hydrogens (primary N) is 1. The number of alkyl halides is 3. The van der Waals surface area contributed by atoms with Crippen LogP contribution in [-0.2, 0) is 21.1 Å². The van der Waals surface area contributed by atoms with E-state index in [1.54, 1.807) is 6.07 Å². The average molecular weight is 407 g/mol. The van der Waals surface area contributed by atoms with Crippen LogP contribution in [0, 0.1) is 0 Å². The predicted octanol–water partition coefficient (Wildman–Crippen LogP) is 3.56. The van der Waals surface area contributed by atoms with E-state index >= 15 is 0 Å². The molecule has 8 heteroatoms. The van der Waals surface area contributed by atoms with Crippen molar-refractivity contribution in [2.24, 2.45) is 5.73 Å². The van der Waals surface area contributed by atoms with Crippen molar-refractivity contribution in [3.05, 3.63) is 35.4 Å². The molecule has 1 saturated heterocycles. The molecule has 1 saturated carbocycles. The van der Waals surface area contributed by atoms with Crippen LogP contribution in [0.15, 0.2) is 24.3 Å². The van der Waals surface area contributed by atoms with Gasteiger partial charge in [0.15, 0.2) is 0 Å². The Labute approximate surface area is 163 Å². The minimum absolute atomic E-state index is 0. The van der Waals surface area contributed by atoms with Gasteiger partial charge in [0.25, 0.3) is 0 Å². The molecule has 1 aromatic carbocycles. The van der Waals surface area contributed by atoms with Crippen molar-refractivity contribution in [1.82, 2.24) is 5.32 Å². The summed E-state index contributed by atoms with van der Waals surface area (Å²) in [5.41, 5.74) is 4.79. The van der Waals surface area contributed by atoms with Gasteiger partial charge in [-0.25, -0.2) is 0 Å². The van der Waals surface area contributed by atoms with Gasteiger partial charge >= 0.3 is 6.18 Å². The monoisotopic (exact) mass is 406 g/mol. The zero-order valence-corrected chi connectivity index (χ0v) is 15.9. The van der Waals surface area contributed by atoms with Crippen LogP contribution < -0.4 is 11.1 Å². The van der Waals surface area contributed by atoms with E-state index in [0.29, 0.717) is 38.2 Å². The molecule has 2 fully saturated rings. The molecule has 1 aliphatic heterocycles. The van der Waals surface area contributed by atoms with Gasteiger partial charge < -0.3 is 15.8 Å². The number of carbonyl (C=O) groups excluding carboxylic acids is 1. The second-order valence-corrected chi connectivity index (χ2v) is 7.52. The molecule has 3 rings (SSSR count).